The third kappa shape index (κ3) is 1.60. The fourth-order valence-electron chi connectivity index (χ4n) is 1.76. The van der Waals surface area contributed by atoms with Crippen LogP contribution < -0.4 is 5.73 Å². The molecule has 1 unspecified atom stereocenters. The van der Waals surface area contributed by atoms with Gasteiger partial charge in [0.15, 0.2) is 0 Å². The van der Waals surface area contributed by atoms with E-state index in [1.807, 2.05) is 19.1 Å². The normalized spacial score (nSPS) is 19.5. The van der Waals surface area contributed by atoms with Gasteiger partial charge in [0.25, 0.3) is 0 Å². The van der Waals surface area contributed by atoms with Gasteiger partial charge in [-0.1, -0.05) is 25.1 Å². The first kappa shape index (κ1) is 10.4. The van der Waals surface area contributed by atoms with Gasteiger partial charge in [-0.15, -0.1) is 0 Å². The van der Waals surface area contributed by atoms with Gasteiger partial charge < -0.3 is 5.73 Å². The lowest BCUT2D eigenvalue weighted by Gasteiger charge is -2.10. The SMILES string of the molecule is CC(CN)C1=CS(=O)(=O)c2ccccc21. The number of rotatable bonds is 2. The molecule has 0 spiro atoms. The number of benzene rings is 1. The Hall–Kier alpha value is -1.13. The zero-order valence-electron chi connectivity index (χ0n) is 8.47. The standard InChI is InChI=1S/C11H13NO2S/c1-8(6-12)10-7-15(13,14)11-5-3-2-4-9(10)11/h2-5,7-8H,6,12H2,1H3. The Bertz CT molecular complexity index is 517. The molecule has 1 aromatic carbocycles. The molecule has 0 saturated heterocycles. The molecule has 15 heavy (non-hydrogen) atoms. The number of fused-ring (bicyclic) bond motifs is 1. The molecular weight excluding hydrogens is 210 g/mol. The van der Waals surface area contributed by atoms with Gasteiger partial charge in [0.1, 0.15) is 0 Å². The number of hydrogen-bond acceptors (Lipinski definition) is 3. The molecule has 0 fully saturated rings. The van der Waals surface area contributed by atoms with Gasteiger partial charge in [-0.3, -0.25) is 0 Å². The first-order valence-electron chi connectivity index (χ1n) is 4.82. The summed E-state index contributed by atoms with van der Waals surface area (Å²) in [5, 5.41) is 1.34. The monoisotopic (exact) mass is 223 g/mol. The van der Waals surface area contributed by atoms with Crippen LogP contribution in [-0.4, -0.2) is 15.0 Å². The van der Waals surface area contributed by atoms with Crippen molar-refractivity contribution in [2.75, 3.05) is 6.54 Å². The second kappa shape index (κ2) is 3.47. The number of hydrogen-bond donors (Lipinski definition) is 1. The first-order valence-corrected chi connectivity index (χ1v) is 6.37. The molecule has 2 N–H and O–H groups in total. The van der Waals surface area contributed by atoms with Gasteiger partial charge >= 0.3 is 0 Å². The van der Waals surface area contributed by atoms with Crippen molar-refractivity contribution in [3.05, 3.63) is 35.2 Å². The van der Waals surface area contributed by atoms with E-state index in [0.717, 1.165) is 11.1 Å². The Balaban J connectivity index is 2.63. The summed E-state index contributed by atoms with van der Waals surface area (Å²) in [6, 6.07) is 7.05. The molecule has 1 aromatic rings. The van der Waals surface area contributed by atoms with E-state index < -0.39 is 9.84 Å². The molecule has 2 rings (SSSR count). The predicted molar refractivity (Wildman–Crippen MR) is 59.8 cm³/mol. The highest BCUT2D eigenvalue weighted by Gasteiger charge is 2.28. The van der Waals surface area contributed by atoms with E-state index in [9.17, 15) is 8.42 Å². The van der Waals surface area contributed by atoms with Crippen LogP contribution in [0.1, 0.15) is 12.5 Å². The predicted octanol–water partition coefficient (Wildman–Crippen LogP) is 1.41. The maximum absolute atomic E-state index is 11.8. The van der Waals surface area contributed by atoms with E-state index in [1.54, 1.807) is 12.1 Å². The third-order valence-corrected chi connectivity index (χ3v) is 4.20. The van der Waals surface area contributed by atoms with Crippen LogP contribution in [-0.2, 0) is 9.84 Å². The quantitative estimate of drug-likeness (QED) is 0.824. The molecule has 1 heterocycles. The van der Waals surface area contributed by atoms with Crippen molar-refractivity contribution in [1.82, 2.24) is 0 Å². The first-order chi connectivity index (χ1) is 7.06. The Labute approximate surface area is 89.5 Å². The lowest BCUT2D eigenvalue weighted by Crippen LogP contribution is -2.11. The van der Waals surface area contributed by atoms with Crippen LogP contribution in [0.25, 0.3) is 5.57 Å². The van der Waals surface area contributed by atoms with Crippen LogP contribution in [0.3, 0.4) is 0 Å². The number of sulfone groups is 1. The lowest BCUT2D eigenvalue weighted by molar-refractivity contribution is 0.605. The maximum Gasteiger partial charge on any atom is 0.200 e. The Morgan fingerprint density at radius 3 is 2.67 bits per heavy atom. The van der Waals surface area contributed by atoms with E-state index >= 15 is 0 Å². The summed E-state index contributed by atoms with van der Waals surface area (Å²) in [5.74, 6) is 0.0726. The highest BCUT2D eigenvalue weighted by molar-refractivity contribution is 7.95. The van der Waals surface area contributed by atoms with Crippen LogP contribution in [0.4, 0.5) is 0 Å². The topological polar surface area (TPSA) is 60.2 Å². The van der Waals surface area contributed by atoms with Crippen molar-refractivity contribution >= 4 is 15.4 Å². The molecule has 0 saturated carbocycles. The molecule has 4 heteroatoms. The molecule has 0 radical (unpaired) electrons. The van der Waals surface area contributed by atoms with Crippen LogP contribution in [0.2, 0.25) is 0 Å². The lowest BCUT2D eigenvalue weighted by atomic mass is 9.96. The average molecular weight is 223 g/mol. The maximum atomic E-state index is 11.8. The minimum absolute atomic E-state index is 0.0726. The van der Waals surface area contributed by atoms with E-state index in [-0.39, 0.29) is 5.92 Å². The molecule has 80 valence electrons. The van der Waals surface area contributed by atoms with Crippen molar-refractivity contribution in [2.24, 2.45) is 11.7 Å². The molecule has 1 aliphatic heterocycles. The summed E-state index contributed by atoms with van der Waals surface area (Å²) in [6.07, 6.45) is 0. The van der Waals surface area contributed by atoms with Gasteiger partial charge in [0.05, 0.1) is 4.90 Å². The van der Waals surface area contributed by atoms with Gasteiger partial charge in [-0.05, 0) is 29.7 Å². The summed E-state index contributed by atoms with van der Waals surface area (Å²) in [5.41, 5.74) is 7.19. The minimum Gasteiger partial charge on any atom is -0.330 e. The average Bonchev–Trinajstić information content (AvgIpc) is 2.51. The zero-order chi connectivity index (χ0) is 11.1. The molecule has 1 atom stereocenters. The Morgan fingerprint density at radius 2 is 2.00 bits per heavy atom. The van der Waals surface area contributed by atoms with Crippen LogP contribution in [0, 0.1) is 5.92 Å². The van der Waals surface area contributed by atoms with Crippen molar-refractivity contribution in [3.8, 4) is 0 Å². The third-order valence-electron chi connectivity index (χ3n) is 2.67. The largest absolute Gasteiger partial charge is 0.330 e. The highest BCUT2D eigenvalue weighted by atomic mass is 32.2. The second-order valence-electron chi connectivity index (χ2n) is 3.75. The van der Waals surface area contributed by atoms with Crippen molar-refractivity contribution in [2.45, 2.75) is 11.8 Å². The summed E-state index contributed by atoms with van der Waals surface area (Å²) < 4.78 is 23.5. The van der Waals surface area contributed by atoms with Crippen LogP contribution in [0.5, 0.6) is 0 Å². The molecule has 0 aliphatic carbocycles. The Kier molecular flexibility index (Phi) is 2.40. The summed E-state index contributed by atoms with van der Waals surface area (Å²) in [7, 11) is -3.23. The van der Waals surface area contributed by atoms with E-state index in [0.29, 0.717) is 11.4 Å². The second-order valence-corrected chi connectivity index (χ2v) is 5.52. The smallest absolute Gasteiger partial charge is 0.200 e. The molecular formula is C11H13NO2S. The molecule has 3 nitrogen and oxygen atoms in total. The zero-order valence-corrected chi connectivity index (χ0v) is 9.29. The van der Waals surface area contributed by atoms with Crippen molar-refractivity contribution in [1.29, 1.82) is 0 Å². The van der Waals surface area contributed by atoms with Gasteiger partial charge in [-0.2, -0.15) is 0 Å². The molecule has 0 aromatic heterocycles. The minimum atomic E-state index is -3.23. The number of nitrogens with two attached hydrogens (primary N) is 1. The van der Waals surface area contributed by atoms with E-state index in [4.69, 9.17) is 5.73 Å². The fraction of sp³-hybridized carbons (Fsp3) is 0.273. The fourth-order valence-corrected chi connectivity index (χ4v) is 3.34. The molecule has 0 amide bonds. The van der Waals surface area contributed by atoms with Crippen LogP contribution in [0.15, 0.2) is 34.6 Å². The van der Waals surface area contributed by atoms with E-state index in [2.05, 4.69) is 0 Å². The van der Waals surface area contributed by atoms with Gasteiger partial charge in [-0.25, -0.2) is 8.42 Å². The van der Waals surface area contributed by atoms with E-state index in [1.165, 1.54) is 5.41 Å². The highest BCUT2D eigenvalue weighted by Crippen LogP contribution is 2.36. The Morgan fingerprint density at radius 1 is 1.33 bits per heavy atom. The van der Waals surface area contributed by atoms with Crippen molar-refractivity contribution in [3.63, 3.8) is 0 Å². The molecule has 1 aliphatic rings. The molecule has 0 bridgehead atoms. The van der Waals surface area contributed by atoms with Gasteiger partial charge in [0.2, 0.25) is 9.84 Å². The van der Waals surface area contributed by atoms with Crippen LogP contribution >= 0.6 is 0 Å². The summed E-state index contributed by atoms with van der Waals surface area (Å²) in [6.45, 7) is 2.39. The summed E-state index contributed by atoms with van der Waals surface area (Å²) >= 11 is 0. The van der Waals surface area contributed by atoms with Crippen molar-refractivity contribution < 1.29 is 8.42 Å². The summed E-state index contributed by atoms with van der Waals surface area (Å²) in [4.78, 5) is 0.403. The van der Waals surface area contributed by atoms with Gasteiger partial charge in [0, 0.05) is 5.41 Å².